The maximum atomic E-state index is 5.49. The van der Waals surface area contributed by atoms with E-state index >= 15 is 0 Å². The van der Waals surface area contributed by atoms with Crippen LogP contribution in [0, 0.1) is 0 Å². The van der Waals surface area contributed by atoms with E-state index in [-0.39, 0.29) is 0 Å². The Hall–Kier alpha value is -0.870. The molecular weight excluding hydrogens is 250 g/mol. The highest BCUT2D eigenvalue weighted by molar-refractivity contribution is 5.30. The van der Waals surface area contributed by atoms with E-state index in [1.54, 1.807) is 0 Å². The van der Waals surface area contributed by atoms with Gasteiger partial charge in [-0.15, -0.1) is 0 Å². The Balaban J connectivity index is 2.36. The Morgan fingerprint density at radius 1 is 1.25 bits per heavy atom. The second-order valence-electron chi connectivity index (χ2n) is 5.58. The van der Waals surface area contributed by atoms with Crippen molar-refractivity contribution in [3.63, 3.8) is 0 Å². The minimum atomic E-state index is 0.387. The van der Waals surface area contributed by atoms with Gasteiger partial charge in [-0.25, -0.2) is 0 Å². The Morgan fingerprint density at radius 2 is 1.95 bits per heavy atom. The zero-order valence-corrected chi connectivity index (χ0v) is 13.4. The summed E-state index contributed by atoms with van der Waals surface area (Å²) < 4.78 is 7.80. The molecule has 0 saturated carbocycles. The summed E-state index contributed by atoms with van der Waals surface area (Å²) in [7, 11) is 0. The van der Waals surface area contributed by atoms with Crippen molar-refractivity contribution in [3.05, 3.63) is 17.0 Å². The predicted octanol–water partition coefficient (Wildman–Crippen LogP) is 3.03. The molecule has 2 rings (SSSR count). The fourth-order valence-electron chi connectivity index (χ4n) is 3.29. The molecule has 0 amide bonds. The van der Waals surface area contributed by atoms with Gasteiger partial charge in [0.1, 0.15) is 0 Å². The van der Waals surface area contributed by atoms with Gasteiger partial charge in [-0.05, 0) is 39.2 Å². The van der Waals surface area contributed by atoms with Crippen LogP contribution in [0.25, 0.3) is 0 Å². The van der Waals surface area contributed by atoms with Crippen LogP contribution < -0.4 is 5.32 Å². The molecule has 0 radical (unpaired) electrons. The topological polar surface area (TPSA) is 39.1 Å². The summed E-state index contributed by atoms with van der Waals surface area (Å²) in [6.07, 6.45) is 4.24. The van der Waals surface area contributed by atoms with E-state index in [1.165, 1.54) is 17.0 Å². The van der Waals surface area contributed by atoms with Gasteiger partial charge in [0.05, 0.1) is 11.7 Å². The minimum absolute atomic E-state index is 0.387. The van der Waals surface area contributed by atoms with Gasteiger partial charge in [0, 0.05) is 30.5 Å². The first-order valence-electron chi connectivity index (χ1n) is 8.14. The van der Waals surface area contributed by atoms with Crippen molar-refractivity contribution in [2.75, 3.05) is 19.8 Å². The summed E-state index contributed by atoms with van der Waals surface area (Å²) >= 11 is 0. The highest BCUT2D eigenvalue weighted by Gasteiger charge is 2.25. The molecule has 1 atom stereocenters. The second-order valence-corrected chi connectivity index (χ2v) is 5.58. The van der Waals surface area contributed by atoms with Crippen molar-refractivity contribution < 1.29 is 4.74 Å². The largest absolute Gasteiger partial charge is 0.381 e. The number of hydrogen-bond donors (Lipinski definition) is 1. The molecule has 1 aliphatic heterocycles. The highest BCUT2D eigenvalue weighted by atomic mass is 16.5. The Morgan fingerprint density at radius 3 is 2.50 bits per heavy atom. The van der Waals surface area contributed by atoms with Crippen LogP contribution in [0.15, 0.2) is 0 Å². The van der Waals surface area contributed by atoms with Gasteiger partial charge in [-0.2, -0.15) is 5.10 Å². The van der Waals surface area contributed by atoms with Crippen molar-refractivity contribution in [2.45, 2.75) is 65.5 Å². The highest BCUT2D eigenvalue weighted by Crippen LogP contribution is 2.29. The molecule has 1 fully saturated rings. The molecule has 2 heterocycles. The third kappa shape index (κ3) is 3.07. The van der Waals surface area contributed by atoms with E-state index in [1.807, 2.05) is 0 Å². The van der Waals surface area contributed by atoms with Crippen molar-refractivity contribution >= 4 is 0 Å². The van der Waals surface area contributed by atoms with Gasteiger partial charge in [0.15, 0.2) is 0 Å². The molecule has 0 spiro atoms. The van der Waals surface area contributed by atoms with Crippen LogP contribution in [-0.4, -0.2) is 29.5 Å². The van der Waals surface area contributed by atoms with Crippen LogP contribution in [0.5, 0.6) is 0 Å². The summed E-state index contributed by atoms with van der Waals surface area (Å²) in [4.78, 5) is 0. The standard InChI is InChI=1S/C16H29N3O/c1-5-14-16(12(4)17-7-3)15(6-2)19(18-14)13-8-10-20-11-9-13/h12-13,17H,5-11H2,1-4H3. The van der Waals surface area contributed by atoms with E-state index in [4.69, 9.17) is 9.84 Å². The van der Waals surface area contributed by atoms with Crippen molar-refractivity contribution in [3.8, 4) is 0 Å². The minimum Gasteiger partial charge on any atom is -0.381 e. The molecular formula is C16H29N3O. The number of nitrogens with zero attached hydrogens (tertiary/aromatic N) is 2. The monoisotopic (exact) mass is 279 g/mol. The van der Waals surface area contributed by atoms with E-state index in [0.29, 0.717) is 12.1 Å². The van der Waals surface area contributed by atoms with Gasteiger partial charge in [-0.1, -0.05) is 20.8 Å². The number of aromatic nitrogens is 2. The summed E-state index contributed by atoms with van der Waals surface area (Å²) in [6.45, 7) is 11.6. The lowest BCUT2D eigenvalue weighted by molar-refractivity contribution is 0.0653. The van der Waals surface area contributed by atoms with Crippen LogP contribution in [0.2, 0.25) is 0 Å². The van der Waals surface area contributed by atoms with E-state index in [9.17, 15) is 0 Å². The number of rotatable bonds is 6. The zero-order chi connectivity index (χ0) is 14.5. The van der Waals surface area contributed by atoms with E-state index < -0.39 is 0 Å². The average Bonchev–Trinajstić information content (AvgIpc) is 2.87. The lowest BCUT2D eigenvalue weighted by Gasteiger charge is -2.24. The SMILES string of the molecule is CCNC(C)c1c(CC)nn(C2CCOCC2)c1CC. The molecule has 114 valence electrons. The summed E-state index contributed by atoms with van der Waals surface area (Å²) in [5.74, 6) is 0. The van der Waals surface area contributed by atoms with Crippen molar-refractivity contribution in [1.29, 1.82) is 0 Å². The Bertz CT molecular complexity index is 422. The lowest BCUT2D eigenvalue weighted by Crippen LogP contribution is -2.23. The van der Waals surface area contributed by atoms with Crippen LogP contribution in [0.1, 0.15) is 69.6 Å². The second kappa shape index (κ2) is 7.23. The fourth-order valence-corrected chi connectivity index (χ4v) is 3.29. The fraction of sp³-hybridized carbons (Fsp3) is 0.812. The third-order valence-corrected chi connectivity index (χ3v) is 4.28. The number of nitrogens with one attached hydrogen (secondary N) is 1. The summed E-state index contributed by atoms with van der Waals surface area (Å²) in [6, 6.07) is 0.907. The van der Waals surface area contributed by atoms with Gasteiger partial charge >= 0.3 is 0 Å². The first-order valence-corrected chi connectivity index (χ1v) is 8.14. The first-order chi connectivity index (χ1) is 9.72. The molecule has 1 saturated heterocycles. The smallest absolute Gasteiger partial charge is 0.0672 e. The molecule has 0 aliphatic carbocycles. The first kappa shape index (κ1) is 15.5. The molecule has 4 nitrogen and oxygen atoms in total. The molecule has 0 bridgehead atoms. The molecule has 1 N–H and O–H groups in total. The summed E-state index contributed by atoms with van der Waals surface area (Å²) in [5, 5.41) is 8.50. The molecule has 1 aromatic heterocycles. The number of aryl methyl sites for hydroxylation is 1. The molecule has 1 unspecified atom stereocenters. The van der Waals surface area contributed by atoms with Gasteiger partial charge in [0.2, 0.25) is 0 Å². The Labute approximate surface area is 122 Å². The quantitative estimate of drug-likeness (QED) is 0.870. The normalized spacial score (nSPS) is 18.4. The maximum absolute atomic E-state index is 5.49. The Kier molecular flexibility index (Phi) is 5.61. The number of hydrogen-bond acceptors (Lipinski definition) is 3. The lowest BCUT2D eigenvalue weighted by atomic mass is 10.0. The molecule has 20 heavy (non-hydrogen) atoms. The van der Waals surface area contributed by atoms with Crippen LogP contribution >= 0.6 is 0 Å². The van der Waals surface area contributed by atoms with Crippen molar-refractivity contribution in [1.82, 2.24) is 15.1 Å². The molecule has 1 aliphatic rings. The van der Waals surface area contributed by atoms with Gasteiger partial charge in [-0.3, -0.25) is 4.68 Å². The molecule has 4 heteroatoms. The van der Waals surface area contributed by atoms with Gasteiger partial charge < -0.3 is 10.1 Å². The van der Waals surface area contributed by atoms with Crippen LogP contribution in [0.4, 0.5) is 0 Å². The van der Waals surface area contributed by atoms with Crippen LogP contribution in [0.3, 0.4) is 0 Å². The third-order valence-electron chi connectivity index (χ3n) is 4.28. The van der Waals surface area contributed by atoms with Crippen molar-refractivity contribution in [2.24, 2.45) is 0 Å². The molecule has 1 aromatic rings. The average molecular weight is 279 g/mol. The maximum Gasteiger partial charge on any atom is 0.0672 e. The number of ether oxygens (including phenoxy) is 1. The van der Waals surface area contributed by atoms with E-state index in [0.717, 1.165) is 45.4 Å². The van der Waals surface area contributed by atoms with Gasteiger partial charge in [0.25, 0.3) is 0 Å². The van der Waals surface area contributed by atoms with Crippen LogP contribution in [-0.2, 0) is 17.6 Å². The predicted molar refractivity (Wildman–Crippen MR) is 82.2 cm³/mol. The molecule has 0 aromatic carbocycles. The summed E-state index contributed by atoms with van der Waals surface area (Å²) in [5.41, 5.74) is 4.12. The zero-order valence-electron chi connectivity index (χ0n) is 13.4. The van der Waals surface area contributed by atoms with E-state index in [2.05, 4.69) is 37.7 Å².